The Balaban J connectivity index is 2.01. The normalized spacial score (nSPS) is 13.0. The molecule has 8 heteroatoms. The molecule has 0 bridgehead atoms. The quantitative estimate of drug-likeness (QED) is 0.662. The Morgan fingerprint density at radius 2 is 2.08 bits per heavy atom. The van der Waals surface area contributed by atoms with E-state index in [1.54, 1.807) is 0 Å². The second kappa shape index (κ2) is 6.15. The SMILES string of the molecule is COc1cc(Nc2cc3c(cc2[N+](=O)[O-])CCC(=O)N3)ccc1F. The molecule has 2 aromatic carbocycles. The lowest BCUT2D eigenvalue weighted by Gasteiger charge is -2.18. The Morgan fingerprint density at radius 3 is 2.79 bits per heavy atom. The standard InChI is InChI=1S/C16H14FN3O4/c1-24-15-7-10(3-4-11(15)17)18-13-8-12-9(2-5-16(21)19-12)6-14(13)20(22)23/h3-4,6-8,18H,2,5H2,1H3,(H,19,21). The summed E-state index contributed by atoms with van der Waals surface area (Å²) >= 11 is 0. The molecule has 0 saturated heterocycles. The van der Waals surface area contributed by atoms with Crippen molar-refractivity contribution < 1.29 is 18.8 Å². The highest BCUT2D eigenvalue weighted by Crippen LogP contribution is 2.36. The zero-order valence-corrected chi connectivity index (χ0v) is 12.8. The zero-order valence-electron chi connectivity index (χ0n) is 12.8. The molecule has 0 saturated carbocycles. The van der Waals surface area contributed by atoms with Gasteiger partial charge in [-0.1, -0.05) is 0 Å². The fraction of sp³-hybridized carbons (Fsp3) is 0.188. The van der Waals surface area contributed by atoms with Crippen molar-refractivity contribution in [2.75, 3.05) is 17.7 Å². The zero-order chi connectivity index (χ0) is 17.3. The number of ether oxygens (including phenoxy) is 1. The van der Waals surface area contributed by atoms with Gasteiger partial charge in [-0.25, -0.2) is 4.39 Å². The number of nitrogens with zero attached hydrogens (tertiary/aromatic N) is 1. The van der Waals surface area contributed by atoms with E-state index in [1.165, 1.54) is 37.4 Å². The van der Waals surface area contributed by atoms with Crippen molar-refractivity contribution in [3.05, 3.63) is 51.8 Å². The monoisotopic (exact) mass is 331 g/mol. The largest absolute Gasteiger partial charge is 0.494 e. The molecular weight excluding hydrogens is 317 g/mol. The summed E-state index contributed by atoms with van der Waals surface area (Å²) in [5.41, 5.74) is 1.76. The first-order valence-electron chi connectivity index (χ1n) is 7.19. The van der Waals surface area contributed by atoms with Crippen LogP contribution in [0.3, 0.4) is 0 Å². The van der Waals surface area contributed by atoms with Gasteiger partial charge in [0.15, 0.2) is 11.6 Å². The number of hydrogen-bond donors (Lipinski definition) is 2. The van der Waals surface area contributed by atoms with Crippen LogP contribution in [0, 0.1) is 15.9 Å². The van der Waals surface area contributed by atoms with Crippen molar-refractivity contribution in [2.45, 2.75) is 12.8 Å². The summed E-state index contributed by atoms with van der Waals surface area (Å²) in [7, 11) is 1.33. The highest BCUT2D eigenvalue weighted by Gasteiger charge is 2.22. The van der Waals surface area contributed by atoms with Crippen LogP contribution >= 0.6 is 0 Å². The number of anilines is 3. The van der Waals surface area contributed by atoms with Gasteiger partial charge in [-0.2, -0.15) is 0 Å². The van der Waals surface area contributed by atoms with Crippen LogP contribution in [0.15, 0.2) is 30.3 Å². The van der Waals surface area contributed by atoms with Crippen molar-refractivity contribution in [3.63, 3.8) is 0 Å². The predicted octanol–water partition coefficient (Wildman–Crippen LogP) is 3.37. The van der Waals surface area contributed by atoms with Gasteiger partial charge in [0.25, 0.3) is 5.69 Å². The van der Waals surface area contributed by atoms with E-state index in [-0.39, 0.29) is 23.0 Å². The lowest BCUT2D eigenvalue weighted by atomic mass is 10.0. The van der Waals surface area contributed by atoms with Gasteiger partial charge in [0.1, 0.15) is 5.69 Å². The first-order valence-corrected chi connectivity index (χ1v) is 7.19. The molecule has 3 rings (SSSR count). The third kappa shape index (κ3) is 2.98. The van der Waals surface area contributed by atoms with Crippen molar-refractivity contribution in [3.8, 4) is 5.75 Å². The second-order valence-corrected chi connectivity index (χ2v) is 5.31. The Hall–Kier alpha value is -3.16. The smallest absolute Gasteiger partial charge is 0.293 e. The summed E-state index contributed by atoms with van der Waals surface area (Å²) < 4.78 is 18.4. The van der Waals surface area contributed by atoms with Crippen LogP contribution in [0.25, 0.3) is 0 Å². The molecule has 0 aliphatic carbocycles. The van der Waals surface area contributed by atoms with Crippen molar-refractivity contribution >= 4 is 28.7 Å². The van der Waals surface area contributed by atoms with Gasteiger partial charge >= 0.3 is 0 Å². The van der Waals surface area contributed by atoms with Gasteiger partial charge in [-0.3, -0.25) is 14.9 Å². The number of aryl methyl sites for hydroxylation is 1. The van der Waals surface area contributed by atoms with Gasteiger partial charge < -0.3 is 15.4 Å². The summed E-state index contributed by atoms with van der Waals surface area (Å²) in [5, 5.41) is 16.9. The maximum Gasteiger partial charge on any atom is 0.293 e. The maximum absolute atomic E-state index is 13.5. The molecule has 1 aliphatic heterocycles. The number of methoxy groups -OCH3 is 1. The van der Waals surface area contributed by atoms with Crippen LogP contribution in [0.4, 0.5) is 27.1 Å². The lowest BCUT2D eigenvalue weighted by Crippen LogP contribution is -2.19. The molecule has 1 heterocycles. The minimum Gasteiger partial charge on any atom is -0.494 e. The molecule has 7 nitrogen and oxygen atoms in total. The van der Waals surface area contributed by atoms with Crippen LogP contribution in [0.5, 0.6) is 5.75 Å². The third-order valence-corrected chi connectivity index (χ3v) is 3.74. The number of nitrogens with one attached hydrogen (secondary N) is 2. The van der Waals surface area contributed by atoms with E-state index >= 15 is 0 Å². The first-order chi connectivity index (χ1) is 11.5. The Labute approximate surface area is 136 Å². The van der Waals surface area contributed by atoms with E-state index in [4.69, 9.17) is 4.74 Å². The van der Waals surface area contributed by atoms with Crippen LogP contribution < -0.4 is 15.4 Å². The Kier molecular flexibility index (Phi) is 4.03. The Bertz CT molecular complexity index is 838. The third-order valence-electron chi connectivity index (χ3n) is 3.74. The molecule has 0 radical (unpaired) electrons. The van der Waals surface area contributed by atoms with E-state index in [2.05, 4.69) is 10.6 Å². The topological polar surface area (TPSA) is 93.5 Å². The molecule has 2 aromatic rings. The second-order valence-electron chi connectivity index (χ2n) is 5.31. The van der Waals surface area contributed by atoms with Gasteiger partial charge in [0.2, 0.25) is 5.91 Å². The van der Waals surface area contributed by atoms with Crippen molar-refractivity contribution in [1.29, 1.82) is 0 Å². The molecule has 0 atom stereocenters. The van der Waals surface area contributed by atoms with E-state index in [0.29, 0.717) is 29.8 Å². The van der Waals surface area contributed by atoms with Crippen LogP contribution in [-0.2, 0) is 11.2 Å². The lowest BCUT2D eigenvalue weighted by molar-refractivity contribution is -0.384. The first kappa shape index (κ1) is 15.7. The number of amides is 1. The number of rotatable bonds is 4. The average Bonchev–Trinajstić information content (AvgIpc) is 2.55. The van der Waals surface area contributed by atoms with E-state index in [0.717, 1.165) is 0 Å². The summed E-state index contributed by atoms with van der Waals surface area (Å²) in [5.74, 6) is -0.644. The fourth-order valence-corrected chi connectivity index (χ4v) is 2.56. The summed E-state index contributed by atoms with van der Waals surface area (Å²) in [6.07, 6.45) is 0.749. The van der Waals surface area contributed by atoms with Crippen LogP contribution in [-0.4, -0.2) is 17.9 Å². The number of hydrogen-bond acceptors (Lipinski definition) is 5. The highest BCUT2D eigenvalue weighted by atomic mass is 19.1. The van der Waals surface area contributed by atoms with Crippen LogP contribution in [0.1, 0.15) is 12.0 Å². The number of nitro groups is 1. The van der Waals surface area contributed by atoms with E-state index < -0.39 is 10.7 Å². The Morgan fingerprint density at radius 1 is 1.29 bits per heavy atom. The van der Waals surface area contributed by atoms with E-state index in [1.807, 2.05) is 0 Å². The van der Waals surface area contributed by atoms with Crippen molar-refractivity contribution in [2.24, 2.45) is 0 Å². The summed E-state index contributed by atoms with van der Waals surface area (Å²) in [6.45, 7) is 0. The van der Waals surface area contributed by atoms with Crippen LogP contribution in [0.2, 0.25) is 0 Å². The number of fused-ring (bicyclic) bond motifs is 1. The van der Waals surface area contributed by atoms with Gasteiger partial charge in [0, 0.05) is 29.9 Å². The van der Waals surface area contributed by atoms with Gasteiger partial charge in [0.05, 0.1) is 12.0 Å². The molecule has 24 heavy (non-hydrogen) atoms. The number of carbonyl (C=O) groups excluding carboxylic acids is 1. The summed E-state index contributed by atoms with van der Waals surface area (Å²) in [6, 6.07) is 7.00. The fourth-order valence-electron chi connectivity index (χ4n) is 2.56. The molecule has 0 spiro atoms. The number of benzene rings is 2. The predicted molar refractivity (Wildman–Crippen MR) is 86.3 cm³/mol. The average molecular weight is 331 g/mol. The molecule has 124 valence electrons. The molecule has 2 N–H and O–H groups in total. The molecular formula is C16H14FN3O4. The molecule has 0 aromatic heterocycles. The van der Waals surface area contributed by atoms with E-state index in [9.17, 15) is 19.3 Å². The molecule has 1 amide bonds. The number of halogens is 1. The van der Waals surface area contributed by atoms with Crippen molar-refractivity contribution in [1.82, 2.24) is 0 Å². The summed E-state index contributed by atoms with van der Waals surface area (Å²) in [4.78, 5) is 22.3. The molecule has 0 fully saturated rings. The van der Waals surface area contributed by atoms with Gasteiger partial charge in [-0.05, 0) is 30.2 Å². The number of nitro benzene ring substituents is 1. The minimum atomic E-state index is -0.532. The minimum absolute atomic E-state index is 0.0221. The maximum atomic E-state index is 13.5. The molecule has 1 aliphatic rings. The molecule has 0 unspecified atom stereocenters. The van der Waals surface area contributed by atoms with Gasteiger partial charge in [-0.15, -0.1) is 0 Å². The number of carbonyl (C=O) groups is 1. The highest BCUT2D eigenvalue weighted by molar-refractivity contribution is 5.95.